The van der Waals surface area contributed by atoms with Gasteiger partial charge in [0.15, 0.2) is 0 Å². The molecular formula is C16H18ClNO. The van der Waals surface area contributed by atoms with E-state index in [0.29, 0.717) is 5.88 Å². The van der Waals surface area contributed by atoms with Crippen LogP contribution in [0.1, 0.15) is 31.2 Å². The van der Waals surface area contributed by atoms with Gasteiger partial charge in [0, 0.05) is 11.8 Å². The topological polar surface area (TPSA) is 22.1 Å². The molecule has 2 aliphatic carbocycles. The van der Waals surface area contributed by atoms with Gasteiger partial charge in [0.1, 0.15) is 5.75 Å². The van der Waals surface area contributed by atoms with Crippen LogP contribution in [0.2, 0.25) is 0 Å². The number of hydrogen-bond acceptors (Lipinski definition) is 2. The molecule has 2 aliphatic rings. The number of halogens is 1. The molecule has 2 bridgehead atoms. The van der Waals surface area contributed by atoms with E-state index in [4.69, 9.17) is 16.3 Å². The fraction of sp³-hybridized carbons (Fsp3) is 0.562. The second kappa shape index (κ2) is 5.84. The van der Waals surface area contributed by atoms with Gasteiger partial charge in [0.05, 0.1) is 18.7 Å². The molecule has 0 spiro atoms. The summed E-state index contributed by atoms with van der Waals surface area (Å²) in [5, 5.41) is 0. The van der Waals surface area contributed by atoms with E-state index in [2.05, 4.69) is 16.8 Å². The molecule has 1 aromatic heterocycles. The van der Waals surface area contributed by atoms with Crippen molar-refractivity contribution >= 4 is 11.6 Å². The van der Waals surface area contributed by atoms with Crippen LogP contribution >= 0.6 is 11.6 Å². The van der Waals surface area contributed by atoms with Gasteiger partial charge in [0.2, 0.25) is 0 Å². The van der Waals surface area contributed by atoms with E-state index in [1.807, 2.05) is 6.07 Å². The number of nitrogens with zero attached hydrogens (tertiary/aromatic N) is 1. The third kappa shape index (κ3) is 3.04. The SMILES string of the molecule is ClCC#Cc1cncc(OCC2CC3CCC2C3)c1. The van der Waals surface area contributed by atoms with E-state index in [-0.39, 0.29) is 0 Å². The maximum absolute atomic E-state index is 5.90. The van der Waals surface area contributed by atoms with E-state index in [1.54, 1.807) is 12.4 Å². The minimum atomic E-state index is 0.343. The highest BCUT2D eigenvalue weighted by molar-refractivity contribution is 6.19. The second-order valence-electron chi connectivity index (χ2n) is 5.59. The zero-order chi connectivity index (χ0) is 13.1. The normalized spacial score (nSPS) is 27.9. The zero-order valence-corrected chi connectivity index (χ0v) is 11.7. The Morgan fingerprint density at radius 3 is 3.00 bits per heavy atom. The minimum absolute atomic E-state index is 0.343. The molecule has 3 unspecified atom stereocenters. The number of alkyl halides is 1. The van der Waals surface area contributed by atoms with Crippen LogP contribution in [0.15, 0.2) is 18.5 Å². The van der Waals surface area contributed by atoms with E-state index in [9.17, 15) is 0 Å². The van der Waals surface area contributed by atoms with Crippen molar-refractivity contribution in [3.8, 4) is 17.6 Å². The van der Waals surface area contributed by atoms with Crippen molar-refractivity contribution in [2.24, 2.45) is 17.8 Å². The van der Waals surface area contributed by atoms with Gasteiger partial charge < -0.3 is 4.74 Å². The molecule has 0 N–H and O–H groups in total. The fourth-order valence-electron chi connectivity index (χ4n) is 3.49. The largest absolute Gasteiger partial charge is 0.492 e. The average Bonchev–Trinajstić information content (AvgIpc) is 3.06. The summed E-state index contributed by atoms with van der Waals surface area (Å²) in [5.41, 5.74) is 0.867. The summed E-state index contributed by atoms with van der Waals surface area (Å²) in [6.07, 6.45) is 9.12. The molecule has 0 aromatic carbocycles. The smallest absolute Gasteiger partial charge is 0.138 e. The van der Waals surface area contributed by atoms with Crippen LogP contribution in [0.5, 0.6) is 5.75 Å². The van der Waals surface area contributed by atoms with Gasteiger partial charge in [0.25, 0.3) is 0 Å². The van der Waals surface area contributed by atoms with Crippen molar-refractivity contribution in [3.63, 3.8) is 0 Å². The molecular weight excluding hydrogens is 258 g/mol. The number of aromatic nitrogens is 1. The number of pyridine rings is 1. The van der Waals surface area contributed by atoms with Crippen molar-refractivity contribution in [1.82, 2.24) is 4.98 Å². The van der Waals surface area contributed by atoms with Gasteiger partial charge in [-0.2, -0.15) is 0 Å². The molecule has 0 aliphatic heterocycles. The summed E-state index contributed by atoms with van der Waals surface area (Å²) in [6.45, 7) is 0.829. The third-order valence-electron chi connectivity index (χ3n) is 4.36. The molecule has 2 nitrogen and oxygen atoms in total. The van der Waals surface area contributed by atoms with Crippen LogP contribution in [-0.4, -0.2) is 17.5 Å². The molecule has 2 fully saturated rings. The van der Waals surface area contributed by atoms with Gasteiger partial charge in [-0.25, -0.2) is 0 Å². The highest BCUT2D eigenvalue weighted by Crippen LogP contribution is 2.48. The highest BCUT2D eigenvalue weighted by Gasteiger charge is 2.39. The predicted molar refractivity (Wildman–Crippen MR) is 76.3 cm³/mol. The lowest BCUT2D eigenvalue weighted by Gasteiger charge is -2.21. The monoisotopic (exact) mass is 275 g/mol. The molecule has 1 heterocycles. The number of rotatable bonds is 3. The van der Waals surface area contributed by atoms with Crippen LogP contribution in [0, 0.1) is 29.6 Å². The Bertz CT molecular complexity index is 505. The fourth-order valence-corrected chi connectivity index (χ4v) is 3.55. The van der Waals surface area contributed by atoms with Crippen molar-refractivity contribution in [3.05, 3.63) is 24.0 Å². The number of ether oxygens (including phenoxy) is 1. The van der Waals surface area contributed by atoms with Gasteiger partial charge >= 0.3 is 0 Å². The molecule has 1 aromatic rings. The summed E-state index contributed by atoms with van der Waals surface area (Å²) in [6, 6.07) is 1.94. The molecule has 0 saturated heterocycles. The molecule has 100 valence electrons. The second-order valence-corrected chi connectivity index (χ2v) is 5.86. The van der Waals surface area contributed by atoms with Gasteiger partial charge in [-0.15, -0.1) is 11.6 Å². The summed E-state index contributed by atoms with van der Waals surface area (Å²) in [5.74, 6) is 9.58. The third-order valence-corrected chi connectivity index (χ3v) is 4.49. The predicted octanol–water partition coefficient (Wildman–Crippen LogP) is 3.49. The van der Waals surface area contributed by atoms with Crippen LogP contribution in [0.4, 0.5) is 0 Å². The number of hydrogen-bond donors (Lipinski definition) is 0. The molecule has 19 heavy (non-hydrogen) atoms. The Balaban J connectivity index is 1.58. The van der Waals surface area contributed by atoms with Crippen molar-refractivity contribution in [2.45, 2.75) is 25.7 Å². The maximum atomic E-state index is 5.90. The molecule has 3 heteroatoms. The molecule has 2 saturated carbocycles. The Morgan fingerprint density at radius 2 is 2.26 bits per heavy atom. The summed E-state index contributed by atoms with van der Waals surface area (Å²) < 4.78 is 5.90. The Morgan fingerprint density at radius 1 is 1.32 bits per heavy atom. The molecule has 0 radical (unpaired) electrons. The summed E-state index contributed by atoms with van der Waals surface area (Å²) in [7, 11) is 0. The average molecular weight is 276 g/mol. The lowest BCUT2D eigenvalue weighted by molar-refractivity contribution is 0.194. The summed E-state index contributed by atoms with van der Waals surface area (Å²) in [4.78, 5) is 4.16. The van der Waals surface area contributed by atoms with Crippen LogP contribution in [0.3, 0.4) is 0 Å². The molecule has 3 rings (SSSR count). The first-order chi connectivity index (χ1) is 9.35. The first-order valence-corrected chi connectivity index (χ1v) is 7.51. The van der Waals surface area contributed by atoms with Gasteiger partial charge in [-0.3, -0.25) is 4.98 Å². The van der Waals surface area contributed by atoms with Crippen molar-refractivity contribution in [2.75, 3.05) is 12.5 Å². The summed E-state index contributed by atoms with van der Waals surface area (Å²) >= 11 is 5.55. The minimum Gasteiger partial charge on any atom is -0.492 e. The Kier molecular flexibility index (Phi) is 3.94. The first-order valence-electron chi connectivity index (χ1n) is 6.98. The Hall–Kier alpha value is -1.20. The van der Waals surface area contributed by atoms with E-state index in [1.165, 1.54) is 25.7 Å². The molecule has 0 amide bonds. The molecule has 3 atom stereocenters. The standard InChI is InChI=1S/C16H18ClNO/c17-5-1-2-13-8-16(10-18-9-13)19-11-15-7-12-3-4-14(15)6-12/h8-10,12,14-15H,3-7,11H2. The lowest BCUT2D eigenvalue weighted by Crippen LogP contribution is -2.18. The van der Waals surface area contributed by atoms with Gasteiger partial charge in [-0.1, -0.05) is 18.3 Å². The van der Waals surface area contributed by atoms with E-state index < -0.39 is 0 Å². The first kappa shape index (κ1) is 12.8. The Labute approximate surface area is 119 Å². The van der Waals surface area contributed by atoms with Crippen molar-refractivity contribution in [1.29, 1.82) is 0 Å². The van der Waals surface area contributed by atoms with E-state index in [0.717, 1.165) is 35.7 Å². The maximum Gasteiger partial charge on any atom is 0.138 e. The number of fused-ring (bicyclic) bond motifs is 2. The lowest BCUT2D eigenvalue weighted by atomic mass is 9.89. The van der Waals surface area contributed by atoms with Crippen LogP contribution in [-0.2, 0) is 0 Å². The quantitative estimate of drug-likeness (QED) is 0.622. The zero-order valence-electron chi connectivity index (χ0n) is 10.9. The van der Waals surface area contributed by atoms with Crippen molar-refractivity contribution < 1.29 is 4.74 Å². The van der Waals surface area contributed by atoms with Gasteiger partial charge in [-0.05, 0) is 43.1 Å². The van der Waals surface area contributed by atoms with Crippen LogP contribution < -0.4 is 4.74 Å². The highest BCUT2D eigenvalue weighted by atomic mass is 35.5. The van der Waals surface area contributed by atoms with Crippen LogP contribution in [0.25, 0.3) is 0 Å². The van der Waals surface area contributed by atoms with E-state index >= 15 is 0 Å².